The van der Waals surface area contributed by atoms with E-state index in [2.05, 4.69) is 15.0 Å². The van der Waals surface area contributed by atoms with Crippen LogP contribution < -0.4 is 5.32 Å². The van der Waals surface area contributed by atoms with Gasteiger partial charge in [0.1, 0.15) is 0 Å². The first-order chi connectivity index (χ1) is 8.83. The average Bonchev–Trinajstić information content (AvgIpc) is 2.31. The molecule has 0 heterocycles. The summed E-state index contributed by atoms with van der Waals surface area (Å²) in [4.78, 5) is 24.7. The molecule has 1 N–H and O–H groups in total. The third-order valence-corrected chi connectivity index (χ3v) is 2.07. The normalized spacial score (nSPS) is 10.5. The van der Waals surface area contributed by atoms with Crippen molar-refractivity contribution in [3.05, 3.63) is 23.8 Å². The Morgan fingerprint density at radius 2 is 2.16 bits per heavy atom. The first-order valence-electron chi connectivity index (χ1n) is 5.01. The second kappa shape index (κ2) is 6.01. The number of hydrogen-bond donors (Lipinski definition) is 1. The van der Waals surface area contributed by atoms with Crippen molar-refractivity contribution in [2.75, 3.05) is 11.9 Å². The van der Waals surface area contributed by atoms with Crippen molar-refractivity contribution in [3.8, 4) is 0 Å². The fourth-order valence-corrected chi connectivity index (χ4v) is 1.22. The lowest BCUT2D eigenvalue weighted by Crippen LogP contribution is -2.23. The maximum Gasteiger partial charge on any atom is 0.422 e. The first kappa shape index (κ1) is 14.7. The molecule has 5 nitrogen and oxygen atoms in total. The van der Waals surface area contributed by atoms with Gasteiger partial charge in [-0.15, -0.1) is 0 Å². The van der Waals surface area contributed by atoms with Gasteiger partial charge in [-0.25, -0.2) is 9.59 Å². The van der Waals surface area contributed by atoms with Gasteiger partial charge in [0.05, 0.1) is 5.69 Å². The van der Waals surface area contributed by atoms with Crippen LogP contribution in [0.4, 0.5) is 29.3 Å². The highest BCUT2D eigenvalue weighted by Crippen LogP contribution is 2.25. The molecule has 0 saturated carbocycles. The van der Waals surface area contributed by atoms with Crippen LogP contribution >= 0.6 is 0 Å². The standard InChI is InChI=1S/C11H9F3N2O3/c1-7-8(15-6-17)3-2-4-9(7)16-10(18)19-5-11(12,13)14/h2-4H,5H2,1H3,(H,16,18). The number of anilines is 1. The molecule has 0 bridgehead atoms. The van der Waals surface area contributed by atoms with Crippen LogP contribution in [0.3, 0.4) is 0 Å². The molecule has 1 aromatic carbocycles. The number of alkyl halides is 3. The summed E-state index contributed by atoms with van der Waals surface area (Å²) in [5.74, 6) is 0. The molecule has 19 heavy (non-hydrogen) atoms. The molecule has 0 aromatic heterocycles. The van der Waals surface area contributed by atoms with E-state index in [1.807, 2.05) is 0 Å². The Morgan fingerprint density at radius 1 is 1.47 bits per heavy atom. The minimum Gasteiger partial charge on any atom is -0.440 e. The number of benzene rings is 1. The number of isocyanates is 1. The highest BCUT2D eigenvalue weighted by atomic mass is 19.4. The molecule has 1 rings (SSSR count). The summed E-state index contributed by atoms with van der Waals surface area (Å²) in [6.45, 7) is -0.139. The molecular weight excluding hydrogens is 265 g/mol. The monoisotopic (exact) mass is 274 g/mol. The number of hydrogen-bond acceptors (Lipinski definition) is 4. The fourth-order valence-electron chi connectivity index (χ4n) is 1.22. The van der Waals surface area contributed by atoms with Crippen molar-refractivity contribution >= 4 is 23.5 Å². The van der Waals surface area contributed by atoms with Gasteiger partial charge in [-0.2, -0.15) is 18.2 Å². The second-order valence-corrected chi connectivity index (χ2v) is 3.47. The molecule has 0 aliphatic rings. The third-order valence-electron chi connectivity index (χ3n) is 2.07. The maximum atomic E-state index is 11.8. The maximum absolute atomic E-state index is 11.8. The molecule has 102 valence electrons. The van der Waals surface area contributed by atoms with Crippen LogP contribution in [0.15, 0.2) is 23.2 Å². The molecular formula is C11H9F3N2O3. The van der Waals surface area contributed by atoms with E-state index < -0.39 is 18.9 Å². The molecule has 0 aliphatic carbocycles. The zero-order valence-corrected chi connectivity index (χ0v) is 9.75. The van der Waals surface area contributed by atoms with Crippen LogP contribution in [0.1, 0.15) is 5.56 Å². The molecule has 8 heteroatoms. The van der Waals surface area contributed by atoms with Crippen molar-refractivity contribution in [3.63, 3.8) is 0 Å². The number of aliphatic imine (C=N–C) groups is 1. The van der Waals surface area contributed by atoms with Gasteiger partial charge in [0.2, 0.25) is 6.08 Å². The van der Waals surface area contributed by atoms with Crippen LogP contribution in [0.25, 0.3) is 0 Å². The van der Waals surface area contributed by atoms with E-state index in [4.69, 9.17) is 0 Å². The predicted molar refractivity (Wildman–Crippen MR) is 60.0 cm³/mol. The molecule has 0 atom stereocenters. The molecule has 0 fully saturated rings. The SMILES string of the molecule is Cc1c(N=C=O)cccc1NC(=O)OCC(F)(F)F. The smallest absolute Gasteiger partial charge is 0.422 e. The summed E-state index contributed by atoms with van der Waals surface area (Å²) in [6, 6.07) is 4.41. The Kier molecular flexibility index (Phi) is 4.66. The van der Waals surface area contributed by atoms with Crippen molar-refractivity contribution in [2.45, 2.75) is 13.1 Å². The number of halogens is 3. The first-order valence-corrected chi connectivity index (χ1v) is 5.01. The Balaban J connectivity index is 2.75. The van der Waals surface area contributed by atoms with Gasteiger partial charge >= 0.3 is 12.3 Å². The fraction of sp³-hybridized carbons (Fsp3) is 0.273. The van der Waals surface area contributed by atoms with Crippen LogP contribution in [-0.4, -0.2) is 25.0 Å². The lowest BCUT2D eigenvalue weighted by atomic mass is 10.1. The molecule has 1 amide bonds. The van der Waals surface area contributed by atoms with E-state index in [0.717, 1.165) is 0 Å². The summed E-state index contributed by atoms with van der Waals surface area (Å²) in [7, 11) is 0. The van der Waals surface area contributed by atoms with E-state index in [1.54, 1.807) is 0 Å². The van der Waals surface area contributed by atoms with Gasteiger partial charge in [-0.3, -0.25) is 5.32 Å². The molecule has 0 spiro atoms. The Labute approximate surface area is 106 Å². The van der Waals surface area contributed by atoms with Crippen LogP contribution in [0.2, 0.25) is 0 Å². The number of carbonyl (C=O) groups excluding carboxylic acids is 2. The highest BCUT2D eigenvalue weighted by Gasteiger charge is 2.29. The minimum atomic E-state index is -4.59. The van der Waals surface area contributed by atoms with Crippen LogP contribution in [0, 0.1) is 6.92 Å². The Hall–Kier alpha value is -2.34. The molecule has 0 aliphatic heterocycles. The van der Waals surface area contributed by atoms with E-state index in [9.17, 15) is 22.8 Å². The number of ether oxygens (including phenoxy) is 1. The third kappa shape index (κ3) is 4.81. The zero-order chi connectivity index (χ0) is 14.5. The van der Waals surface area contributed by atoms with Crippen molar-refractivity contribution < 1.29 is 27.5 Å². The predicted octanol–water partition coefficient (Wildman–Crippen LogP) is 3.07. The quantitative estimate of drug-likeness (QED) is 0.680. The molecule has 0 radical (unpaired) electrons. The van der Waals surface area contributed by atoms with E-state index in [1.165, 1.54) is 31.2 Å². The topological polar surface area (TPSA) is 67.8 Å². The average molecular weight is 274 g/mol. The minimum absolute atomic E-state index is 0.198. The molecule has 0 saturated heterocycles. The highest BCUT2D eigenvalue weighted by molar-refractivity contribution is 5.87. The van der Waals surface area contributed by atoms with E-state index in [-0.39, 0.29) is 11.4 Å². The van der Waals surface area contributed by atoms with Crippen molar-refractivity contribution in [2.24, 2.45) is 4.99 Å². The number of rotatable bonds is 3. The van der Waals surface area contributed by atoms with Gasteiger partial charge in [-0.1, -0.05) is 6.07 Å². The lowest BCUT2D eigenvalue weighted by molar-refractivity contribution is -0.159. The summed E-state index contributed by atoms with van der Waals surface area (Å²) in [5.41, 5.74) is 0.863. The van der Waals surface area contributed by atoms with E-state index >= 15 is 0 Å². The molecule has 0 unspecified atom stereocenters. The summed E-state index contributed by atoms with van der Waals surface area (Å²) in [5, 5.41) is 2.13. The number of amides is 1. The van der Waals surface area contributed by atoms with Gasteiger partial charge in [-0.05, 0) is 24.6 Å². The lowest BCUT2D eigenvalue weighted by Gasteiger charge is -2.11. The second-order valence-electron chi connectivity index (χ2n) is 3.47. The van der Waals surface area contributed by atoms with Gasteiger partial charge < -0.3 is 4.74 Å². The summed E-state index contributed by atoms with van der Waals surface area (Å²) >= 11 is 0. The van der Waals surface area contributed by atoms with Crippen LogP contribution in [-0.2, 0) is 9.53 Å². The van der Waals surface area contributed by atoms with E-state index in [0.29, 0.717) is 5.56 Å². The zero-order valence-electron chi connectivity index (χ0n) is 9.75. The van der Waals surface area contributed by atoms with Gasteiger partial charge in [0, 0.05) is 5.69 Å². The number of nitrogens with zero attached hydrogens (tertiary/aromatic N) is 1. The van der Waals surface area contributed by atoms with Gasteiger partial charge in [0.25, 0.3) is 0 Å². The van der Waals surface area contributed by atoms with Crippen molar-refractivity contribution in [1.29, 1.82) is 0 Å². The van der Waals surface area contributed by atoms with Crippen molar-refractivity contribution in [1.82, 2.24) is 0 Å². The van der Waals surface area contributed by atoms with Crippen LogP contribution in [0.5, 0.6) is 0 Å². The molecule has 1 aromatic rings. The largest absolute Gasteiger partial charge is 0.440 e. The number of carbonyl (C=O) groups is 1. The Bertz CT molecular complexity index is 522. The van der Waals surface area contributed by atoms with Gasteiger partial charge in [0.15, 0.2) is 6.61 Å². The summed E-state index contributed by atoms with van der Waals surface area (Å²) in [6.07, 6.45) is -4.50. The Morgan fingerprint density at radius 3 is 2.74 bits per heavy atom. The summed E-state index contributed by atoms with van der Waals surface area (Å²) < 4.78 is 39.5. The number of nitrogens with one attached hydrogen (secondary N) is 1.